The van der Waals surface area contributed by atoms with Crippen LogP contribution >= 0.6 is 22.9 Å². The van der Waals surface area contributed by atoms with Gasteiger partial charge >= 0.3 is 0 Å². The first-order valence-corrected chi connectivity index (χ1v) is 5.01. The van der Waals surface area contributed by atoms with Gasteiger partial charge in [-0.1, -0.05) is 11.6 Å². The van der Waals surface area contributed by atoms with Crippen LogP contribution < -0.4 is 0 Å². The molecule has 0 radical (unpaired) electrons. The van der Waals surface area contributed by atoms with Crippen LogP contribution in [0.5, 0.6) is 0 Å². The molecule has 68 valence electrons. The van der Waals surface area contributed by atoms with Crippen molar-refractivity contribution in [2.24, 2.45) is 0 Å². The van der Waals surface area contributed by atoms with E-state index in [0.29, 0.717) is 10.5 Å². The predicted molar refractivity (Wildman–Crippen MR) is 54.1 cm³/mol. The Morgan fingerprint density at radius 2 is 2.15 bits per heavy atom. The number of aromatic nitrogens is 1. The monoisotopic (exact) mass is 215 g/mol. The van der Waals surface area contributed by atoms with Gasteiger partial charge in [-0.25, -0.2) is 9.37 Å². The van der Waals surface area contributed by atoms with E-state index in [2.05, 4.69) is 4.98 Å². The summed E-state index contributed by atoms with van der Waals surface area (Å²) in [6.07, 6.45) is 0. The van der Waals surface area contributed by atoms with Gasteiger partial charge in [0.1, 0.15) is 5.52 Å². The van der Waals surface area contributed by atoms with Crippen molar-refractivity contribution in [3.8, 4) is 0 Å². The summed E-state index contributed by atoms with van der Waals surface area (Å²) in [6.45, 7) is 3.63. The maximum Gasteiger partial charge on any atom is 0.150 e. The molecule has 0 aliphatic carbocycles. The largest absolute Gasteiger partial charge is 0.238 e. The molecule has 0 N–H and O–H groups in total. The Hall–Kier alpha value is -0.670. The molecule has 1 heterocycles. The van der Waals surface area contributed by atoms with E-state index in [-0.39, 0.29) is 5.82 Å². The quantitative estimate of drug-likeness (QED) is 0.653. The highest BCUT2D eigenvalue weighted by Gasteiger charge is 2.11. The summed E-state index contributed by atoms with van der Waals surface area (Å²) in [5.74, 6) is -0.291. The molecular formula is C9H7ClFNS. The van der Waals surface area contributed by atoms with Gasteiger partial charge in [0.25, 0.3) is 0 Å². The van der Waals surface area contributed by atoms with Gasteiger partial charge < -0.3 is 0 Å². The van der Waals surface area contributed by atoms with E-state index in [0.717, 1.165) is 15.3 Å². The molecule has 0 bridgehead atoms. The standard InChI is InChI=1S/C9H7ClFNS/c1-4-3-6(11)8-9(7(4)10)13-5(2)12-8/h3H,1-2H3. The van der Waals surface area contributed by atoms with Crippen molar-refractivity contribution in [1.82, 2.24) is 4.98 Å². The zero-order chi connectivity index (χ0) is 9.59. The predicted octanol–water partition coefficient (Wildman–Crippen LogP) is 3.71. The third-order valence-electron chi connectivity index (χ3n) is 1.85. The van der Waals surface area contributed by atoms with Crippen LogP contribution in [0.1, 0.15) is 10.6 Å². The molecule has 13 heavy (non-hydrogen) atoms. The molecule has 1 aromatic heterocycles. The smallest absolute Gasteiger partial charge is 0.150 e. The van der Waals surface area contributed by atoms with Crippen molar-refractivity contribution in [3.63, 3.8) is 0 Å². The minimum atomic E-state index is -0.291. The van der Waals surface area contributed by atoms with Crippen molar-refractivity contribution in [3.05, 3.63) is 27.5 Å². The van der Waals surface area contributed by atoms with Crippen LogP contribution in [0.15, 0.2) is 6.07 Å². The third kappa shape index (κ3) is 1.32. The number of halogens is 2. The normalized spacial score (nSPS) is 11.1. The Morgan fingerprint density at radius 1 is 1.46 bits per heavy atom. The van der Waals surface area contributed by atoms with Gasteiger partial charge in [-0.15, -0.1) is 11.3 Å². The molecule has 0 atom stereocenters. The summed E-state index contributed by atoms with van der Waals surface area (Å²) in [5.41, 5.74) is 1.15. The van der Waals surface area contributed by atoms with Crippen LogP contribution in [0.25, 0.3) is 10.2 Å². The number of aryl methyl sites for hydroxylation is 2. The average molecular weight is 216 g/mol. The van der Waals surface area contributed by atoms with E-state index in [1.165, 1.54) is 17.4 Å². The first-order chi connectivity index (χ1) is 6.09. The number of hydrogen-bond donors (Lipinski definition) is 0. The topological polar surface area (TPSA) is 12.9 Å². The second-order valence-corrected chi connectivity index (χ2v) is 4.48. The summed E-state index contributed by atoms with van der Waals surface area (Å²) in [7, 11) is 0. The summed E-state index contributed by atoms with van der Waals surface area (Å²) >= 11 is 7.44. The Bertz CT molecular complexity index is 478. The highest BCUT2D eigenvalue weighted by molar-refractivity contribution is 7.19. The van der Waals surface area contributed by atoms with Crippen molar-refractivity contribution in [2.75, 3.05) is 0 Å². The molecule has 1 nitrogen and oxygen atoms in total. The van der Waals surface area contributed by atoms with Crippen molar-refractivity contribution >= 4 is 33.2 Å². The summed E-state index contributed by atoms with van der Waals surface area (Å²) in [4.78, 5) is 4.07. The number of fused-ring (bicyclic) bond motifs is 1. The van der Waals surface area contributed by atoms with Crippen LogP contribution in [0.2, 0.25) is 5.02 Å². The number of benzene rings is 1. The van der Waals surface area contributed by atoms with Gasteiger partial charge in [-0.3, -0.25) is 0 Å². The molecule has 1 aromatic carbocycles. The second-order valence-electron chi connectivity index (χ2n) is 2.90. The van der Waals surface area contributed by atoms with Gasteiger partial charge in [0, 0.05) is 0 Å². The molecule has 0 saturated carbocycles. The van der Waals surface area contributed by atoms with Crippen LogP contribution in [-0.4, -0.2) is 4.98 Å². The van der Waals surface area contributed by atoms with Crippen LogP contribution in [0, 0.1) is 19.7 Å². The summed E-state index contributed by atoms with van der Waals surface area (Å²) in [5, 5.41) is 1.45. The van der Waals surface area contributed by atoms with E-state index >= 15 is 0 Å². The van der Waals surface area contributed by atoms with Gasteiger partial charge in [0.05, 0.1) is 14.7 Å². The Kier molecular flexibility index (Phi) is 2.00. The van der Waals surface area contributed by atoms with E-state index in [4.69, 9.17) is 11.6 Å². The minimum absolute atomic E-state index is 0.291. The van der Waals surface area contributed by atoms with Crippen molar-refractivity contribution in [2.45, 2.75) is 13.8 Å². The Balaban J connectivity index is 2.95. The summed E-state index contributed by atoms with van der Waals surface area (Å²) < 4.78 is 14.1. The van der Waals surface area contributed by atoms with Crippen LogP contribution in [0.4, 0.5) is 4.39 Å². The van der Waals surface area contributed by atoms with Crippen molar-refractivity contribution < 1.29 is 4.39 Å². The van der Waals surface area contributed by atoms with Crippen LogP contribution in [-0.2, 0) is 0 Å². The molecule has 2 aromatic rings. The van der Waals surface area contributed by atoms with Gasteiger partial charge in [0.15, 0.2) is 5.82 Å². The lowest BCUT2D eigenvalue weighted by Gasteiger charge is -1.98. The lowest BCUT2D eigenvalue weighted by atomic mass is 10.2. The third-order valence-corrected chi connectivity index (χ3v) is 3.44. The molecule has 0 unspecified atom stereocenters. The summed E-state index contributed by atoms with van der Waals surface area (Å²) in [6, 6.07) is 1.42. The SMILES string of the molecule is Cc1nc2c(F)cc(C)c(Cl)c2s1. The molecule has 0 fully saturated rings. The van der Waals surface area contributed by atoms with E-state index in [1.807, 2.05) is 6.92 Å². The zero-order valence-electron chi connectivity index (χ0n) is 7.19. The fraction of sp³-hybridized carbons (Fsp3) is 0.222. The van der Waals surface area contributed by atoms with Crippen LogP contribution in [0.3, 0.4) is 0 Å². The number of nitrogens with zero attached hydrogens (tertiary/aromatic N) is 1. The lowest BCUT2D eigenvalue weighted by molar-refractivity contribution is 0.636. The van der Waals surface area contributed by atoms with Gasteiger partial charge in [0.2, 0.25) is 0 Å². The first-order valence-electron chi connectivity index (χ1n) is 3.81. The molecule has 0 spiro atoms. The second kappa shape index (κ2) is 2.93. The van der Waals surface area contributed by atoms with Gasteiger partial charge in [-0.2, -0.15) is 0 Å². The van der Waals surface area contributed by atoms with Crippen molar-refractivity contribution in [1.29, 1.82) is 0 Å². The Labute approximate surface area is 84.2 Å². The highest BCUT2D eigenvalue weighted by atomic mass is 35.5. The van der Waals surface area contributed by atoms with E-state index in [1.54, 1.807) is 6.92 Å². The van der Waals surface area contributed by atoms with E-state index in [9.17, 15) is 4.39 Å². The fourth-order valence-corrected chi connectivity index (χ4v) is 2.42. The number of rotatable bonds is 0. The number of thiazole rings is 1. The maximum absolute atomic E-state index is 13.3. The molecule has 0 saturated heterocycles. The zero-order valence-corrected chi connectivity index (χ0v) is 8.76. The first kappa shape index (κ1) is 8.91. The average Bonchev–Trinajstić information content (AvgIpc) is 2.44. The molecular weight excluding hydrogens is 209 g/mol. The maximum atomic E-state index is 13.3. The number of hydrogen-bond acceptors (Lipinski definition) is 2. The molecule has 0 aliphatic heterocycles. The van der Waals surface area contributed by atoms with E-state index < -0.39 is 0 Å². The minimum Gasteiger partial charge on any atom is -0.238 e. The molecule has 2 rings (SSSR count). The molecule has 4 heteroatoms. The molecule has 0 aliphatic rings. The lowest BCUT2D eigenvalue weighted by Crippen LogP contribution is -1.82. The van der Waals surface area contributed by atoms with Gasteiger partial charge in [-0.05, 0) is 25.5 Å². The Morgan fingerprint density at radius 3 is 2.85 bits per heavy atom. The highest BCUT2D eigenvalue weighted by Crippen LogP contribution is 2.33. The fourth-order valence-electron chi connectivity index (χ4n) is 1.24. The molecule has 0 amide bonds.